The van der Waals surface area contributed by atoms with Gasteiger partial charge in [-0.1, -0.05) is 6.42 Å². The van der Waals surface area contributed by atoms with Crippen molar-refractivity contribution < 1.29 is 14.7 Å². The van der Waals surface area contributed by atoms with Gasteiger partial charge in [0.25, 0.3) is 0 Å². The Balaban J connectivity index is 2.05. The molecule has 1 aromatic heterocycles. The number of amides is 1. The zero-order valence-electron chi connectivity index (χ0n) is 11.0. The summed E-state index contributed by atoms with van der Waals surface area (Å²) in [4.78, 5) is 28.9. The predicted molar refractivity (Wildman–Crippen MR) is 70.7 cm³/mol. The van der Waals surface area contributed by atoms with Crippen LogP contribution in [0, 0.1) is 11.8 Å². The number of carboxylic acids is 1. The Morgan fingerprint density at radius 2 is 1.89 bits per heavy atom. The average molecular weight is 262 g/mol. The van der Waals surface area contributed by atoms with Crippen LogP contribution in [0.15, 0.2) is 24.5 Å². The van der Waals surface area contributed by atoms with Gasteiger partial charge in [-0.05, 0) is 31.4 Å². The Bertz CT molecular complexity index is 461. The van der Waals surface area contributed by atoms with Gasteiger partial charge in [-0.2, -0.15) is 0 Å². The maximum atomic E-state index is 12.4. The second-order valence-corrected chi connectivity index (χ2v) is 5.00. The number of hydrogen-bond donors (Lipinski definition) is 1. The maximum absolute atomic E-state index is 12.4. The van der Waals surface area contributed by atoms with Crippen LogP contribution in [0.4, 0.5) is 5.69 Å². The van der Waals surface area contributed by atoms with Gasteiger partial charge < -0.3 is 10.0 Å². The van der Waals surface area contributed by atoms with E-state index in [0.717, 1.165) is 18.5 Å². The topological polar surface area (TPSA) is 70.5 Å². The number of pyridine rings is 1. The highest BCUT2D eigenvalue weighted by Crippen LogP contribution is 2.31. The van der Waals surface area contributed by atoms with Crippen LogP contribution in [0.1, 0.15) is 25.7 Å². The number of carboxylic acid groups (broad SMARTS) is 1. The van der Waals surface area contributed by atoms with Crippen molar-refractivity contribution in [1.29, 1.82) is 0 Å². The number of hydrogen-bond acceptors (Lipinski definition) is 3. The molecule has 1 amide bonds. The minimum absolute atomic E-state index is 0.00264. The minimum atomic E-state index is -0.788. The number of anilines is 1. The highest BCUT2D eigenvalue weighted by molar-refractivity contribution is 5.94. The Morgan fingerprint density at radius 3 is 2.53 bits per heavy atom. The molecule has 1 saturated carbocycles. The summed E-state index contributed by atoms with van der Waals surface area (Å²) in [5.41, 5.74) is 0.789. The van der Waals surface area contributed by atoms with Crippen molar-refractivity contribution in [1.82, 2.24) is 4.98 Å². The first-order valence-corrected chi connectivity index (χ1v) is 6.50. The van der Waals surface area contributed by atoms with Gasteiger partial charge in [0.2, 0.25) is 5.91 Å². The standard InChI is InChI=1S/C14H18N2O3/c1-16(12-5-7-15-8-6-12)13(17)10-3-2-4-11(9-10)14(18)19/h5-8,10-11H,2-4,9H2,1H3,(H,18,19). The van der Waals surface area contributed by atoms with Crippen LogP contribution in [0.2, 0.25) is 0 Å². The molecular weight excluding hydrogens is 244 g/mol. The lowest BCUT2D eigenvalue weighted by atomic mass is 9.81. The normalized spacial score (nSPS) is 22.8. The van der Waals surface area contributed by atoms with E-state index in [-0.39, 0.29) is 17.7 Å². The average Bonchev–Trinajstić information content (AvgIpc) is 2.46. The number of aromatic nitrogens is 1. The van der Waals surface area contributed by atoms with Crippen molar-refractivity contribution in [3.8, 4) is 0 Å². The molecule has 2 unspecified atom stereocenters. The van der Waals surface area contributed by atoms with Crippen molar-refractivity contribution in [3.05, 3.63) is 24.5 Å². The van der Waals surface area contributed by atoms with Crippen LogP contribution in [-0.4, -0.2) is 29.0 Å². The van der Waals surface area contributed by atoms with Crippen LogP contribution in [-0.2, 0) is 9.59 Å². The van der Waals surface area contributed by atoms with Gasteiger partial charge in [0, 0.05) is 31.0 Å². The molecule has 1 heterocycles. The van der Waals surface area contributed by atoms with Crippen LogP contribution in [0.5, 0.6) is 0 Å². The van der Waals surface area contributed by atoms with Crippen LogP contribution >= 0.6 is 0 Å². The fraction of sp³-hybridized carbons (Fsp3) is 0.500. The number of aliphatic carboxylic acids is 1. The number of carbonyl (C=O) groups excluding carboxylic acids is 1. The monoisotopic (exact) mass is 262 g/mol. The number of rotatable bonds is 3. The lowest BCUT2D eigenvalue weighted by Crippen LogP contribution is -2.36. The number of carbonyl (C=O) groups is 2. The third kappa shape index (κ3) is 3.10. The molecule has 5 nitrogen and oxygen atoms in total. The van der Waals surface area contributed by atoms with Crippen molar-refractivity contribution in [2.45, 2.75) is 25.7 Å². The highest BCUT2D eigenvalue weighted by atomic mass is 16.4. The fourth-order valence-corrected chi connectivity index (χ4v) is 2.61. The van der Waals surface area contributed by atoms with Crippen LogP contribution in [0.25, 0.3) is 0 Å². The molecule has 0 spiro atoms. The summed E-state index contributed by atoms with van der Waals surface area (Å²) < 4.78 is 0. The molecule has 2 atom stereocenters. The summed E-state index contributed by atoms with van der Waals surface area (Å²) in [6.45, 7) is 0. The molecule has 2 rings (SSSR count). The summed E-state index contributed by atoms with van der Waals surface area (Å²) in [6, 6.07) is 3.55. The molecule has 0 aromatic carbocycles. The van der Waals surface area contributed by atoms with E-state index in [2.05, 4.69) is 4.98 Å². The Hall–Kier alpha value is -1.91. The van der Waals surface area contributed by atoms with E-state index in [4.69, 9.17) is 5.11 Å². The van der Waals surface area contributed by atoms with Gasteiger partial charge in [0.15, 0.2) is 0 Å². The van der Waals surface area contributed by atoms with Gasteiger partial charge in [-0.25, -0.2) is 0 Å². The van der Waals surface area contributed by atoms with E-state index < -0.39 is 5.97 Å². The molecule has 102 valence electrons. The predicted octanol–water partition coefficient (Wildman–Crippen LogP) is 1.94. The largest absolute Gasteiger partial charge is 0.481 e. The lowest BCUT2D eigenvalue weighted by molar-refractivity contribution is -0.143. The van der Waals surface area contributed by atoms with Gasteiger partial charge in [0.05, 0.1) is 5.92 Å². The molecule has 1 aromatic rings. The molecule has 0 aliphatic heterocycles. The Morgan fingerprint density at radius 1 is 1.26 bits per heavy atom. The first kappa shape index (κ1) is 13.5. The van der Waals surface area contributed by atoms with Gasteiger partial charge in [-0.15, -0.1) is 0 Å². The SMILES string of the molecule is CN(C(=O)C1CCCC(C(=O)O)C1)c1ccncc1. The molecular formula is C14H18N2O3. The zero-order valence-corrected chi connectivity index (χ0v) is 11.0. The maximum Gasteiger partial charge on any atom is 0.306 e. The summed E-state index contributed by atoms with van der Waals surface area (Å²) in [5, 5.41) is 9.06. The van der Waals surface area contributed by atoms with Gasteiger partial charge >= 0.3 is 5.97 Å². The van der Waals surface area contributed by atoms with E-state index >= 15 is 0 Å². The lowest BCUT2D eigenvalue weighted by Gasteiger charge is -2.29. The van der Waals surface area contributed by atoms with Crippen molar-refractivity contribution in [3.63, 3.8) is 0 Å². The second-order valence-electron chi connectivity index (χ2n) is 5.00. The summed E-state index contributed by atoms with van der Waals surface area (Å²) >= 11 is 0. The van der Waals surface area contributed by atoms with Crippen LogP contribution in [0.3, 0.4) is 0 Å². The molecule has 1 aliphatic carbocycles. The third-order valence-corrected chi connectivity index (χ3v) is 3.75. The third-order valence-electron chi connectivity index (χ3n) is 3.75. The molecule has 1 aliphatic rings. The molecule has 1 fully saturated rings. The second kappa shape index (κ2) is 5.82. The molecule has 0 radical (unpaired) electrons. The quantitative estimate of drug-likeness (QED) is 0.903. The molecule has 19 heavy (non-hydrogen) atoms. The minimum Gasteiger partial charge on any atom is -0.481 e. The summed E-state index contributed by atoms with van der Waals surface area (Å²) in [5.74, 6) is -1.36. The van der Waals surface area contributed by atoms with Gasteiger partial charge in [-0.3, -0.25) is 14.6 Å². The molecule has 1 N–H and O–H groups in total. The molecule has 5 heteroatoms. The first-order valence-electron chi connectivity index (χ1n) is 6.50. The number of nitrogens with zero attached hydrogens (tertiary/aromatic N) is 2. The Kier molecular flexibility index (Phi) is 4.14. The first-order chi connectivity index (χ1) is 9.09. The van der Waals surface area contributed by atoms with E-state index in [0.29, 0.717) is 12.8 Å². The fourth-order valence-electron chi connectivity index (χ4n) is 2.61. The summed E-state index contributed by atoms with van der Waals surface area (Å²) in [6.07, 6.45) is 5.98. The highest BCUT2D eigenvalue weighted by Gasteiger charge is 2.32. The van der Waals surface area contributed by atoms with Crippen molar-refractivity contribution >= 4 is 17.6 Å². The van der Waals surface area contributed by atoms with E-state index in [1.807, 2.05) is 0 Å². The molecule has 0 bridgehead atoms. The summed E-state index contributed by atoms with van der Waals surface area (Å²) in [7, 11) is 1.72. The van der Waals surface area contributed by atoms with E-state index in [1.165, 1.54) is 0 Å². The molecule has 0 saturated heterocycles. The van der Waals surface area contributed by atoms with Crippen LogP contribution < -0.4 is 4.90 Å². The smallest absolute Gasteiger partial charge is 0.306 e. The van der Waals surface area contributed by atoms with E-state index in [9.17, 15) is 9.59 Å². The van der Waals surface area contributed by atoms with Crippen molar-refractivity contribution in [2.75, 3.05) is 11.9 Å². The van der Waals surface area contributed by atoms with Gasteiger partial charge in [0.1, 0.15) is 0 Å². The van der Waals surface area contributed by atoms with Crippen molar-refractivity contribution in [2.24, 2.45) is 11.8 Å². The zero-order chi connectivity index (χ0) is 13.8. The van der Waals surface area contributed by atoms with E-state index in [1.54, 1.807) is 36.5 Å². The Labute approximate surface area is 112 Å².